The van der Waals surface area contributed by atoms with Gasteiger partial charge in [-0.25, -0.2) is 4.79 Å². The molecule has 142 valence electrons. The summed E-state index contributed by atoms with van der Waals surface area (Å²) in [6.45, 7) is 2.67. The number of hydrogen-bond donors (Lipinski definition) is 1. The van der Waals surface area contributed by atoms with Crippen LogP contribution in [-0.2, 0) is 4.79 Å². The van der Waals surface area contributed by atoms with E-state index in [1.807, 2.05) is 52.3 Å². The maximum absolute atomic E-state index is 12.8. The van der Waals surface area contributed by atoms with Gasteiger partial charge >= 0.3 is 6.03 Å². The van der Waals surface area contributed by atoms with E-state index in [9.17, 15) is 9.59 Å². The van der Waals surface area contributed by atoms with Crippen LogP contribution in [0.1, 0.15) is 32.1 Å². The van der Waals surface area contributed by atoms with E-state index in [-0.39, 0.29) is 11.9 Å². The summed E-state index contributed by atoms with van der Waals surface area (Å²) in [5.41, 5.74) is 0.834. The van der Waals surface area contributed by atoms with Gasteiger partial charge in [-0.15, -0.1) is 0 Å². The lowest BCUT2D eigenvalue weighted by Crippen LogP contribution is -2.40. The van der Waals surface area contributed by atoms with Crippen LogP contribution >= 0.6 is 0 Å². The van der Waals surface area contributed by atoms with Crippen molar-refractivity contribution in [3.63, 3.8) is 0 Å². The van der Waals surface area contributed by atoms with Crippen LogP contribution in [0.4, 0.5) is 10.5 Å². The van der Waals surface area contributed by atoms with Crippen molar-refractivity contribution in [2.75, 3.05) is 31.5 Å². The molecule has 2 aromatic carbocycles. The van der Waals surface area contributed by atoms with Crippen LogP contribution in [0.2, 0.25) is 0 Å². The second-order valence-electron chi connectivity index (χ2n) is 7.60. The zero-order chi connectivity index (χ0) is 18.6. The molecule has 2 aliphatic rings. The zero-order valence-electron chi connectivity index (χ0n) is 15.7. The van der Waals surface area contributed by atoms with Crippen molar-refractivity contribution in [1.82, 2.24) is 9.80 Å². The molecule has 2 aromatic rings. The Morgan fingerprint density at radius 3 is 2.37 bits per heavy atom. The van der Waals surface area contributed by atoms with Gasteiger partial charge in [0, 0.05) is 37.5 Å². The number of nitrogens with zero attached hydrogens (tertiary/aromatic N) is 2. The molecular formula is C22H27N3O2. The second-order valence-corrected chi connectivity index (χ2v) is 7.60. The van der Waals surface area contributed by atoms with Gasteiger partial charge in [-0.2, -0.15) is 0 Å². The Kier molecular flexibility index (Phi) is 5.28. The monoisotopic (exact) mass is 365 g/mol. The smallest absolute Gasteiger partial charge is 0.321 e. The fourth-order valence-electron chi connectivity index (χ4n) is 4.30. The number of carbonyl (C=O) groups excluding carboxylic acids is 2. The molecule has 0 unspecified atom stereocenters. The Balaban J connectivity index is 1.40. The van der Waals surface area contributed by atoms with Crippen molar-refractivity contribution in [2.45, 2.75) is 32.1 Å². The Labute approximate surface area is 160 Å². The number of anilines is 1. The van der Waals surface area contributed by atoms with Gasteiger partial charge in [0.1, 0.15) is 0 Å². The predicted molar refractivity (Wildman–Crippen MR) is 108 cm³/mol. The van der Waals surface area contributed by atoms with Gasteiger partial charge in [0.25, 0.3) is 0 Å². The summed E-state index contributed by atoms with van der Waals surface area (Å²) in [6.07, 6.45) is 5.23. The predicted octanol–water partition coefficient (Wildman–Crippen LogP) is 4.10. The van der Waals surface area contributed by atoms with Crippen molar-refractivity contribution in [3.8, 4) is 0 Å². The first-order valence-corrected chi connectivity index (χ1v) is 10.0. The lowest BCUT2D eigenvalue weighted by atomic mass is 10.1. The third kappa shape index (κ3) is 3.92. The molecule has 5 nitrogen and oxygen atoms in total. The van der Waals surface area contributed by atoms with Gasteiger partial charge in [-0.1, -0.05) is 49.2 Å². The zero-order valence-corrected chi connectivity index (χ0v) is 15.7. The molecule has 0 spiro atoms. The van der Waals surface area contributed by atoms with Crippen LogP contribution in [0, 0.1) is 5.92 Å². The maximum Gasteiger partial charge on any atom is 0.321 e. The second kappa shape index (κ2) is 7.99. The highest BCUT2D eigenvalue weighted by Crippen LogP contribution is 2.27. The number of benzene rings is 2. The molecule has 0 radical (unpaired) electrons. The first kappa shape index (κ1) is 17.8. The van der Waals surface area contributed by atoms with Gasteiger partial charge < -0.3 is 15.1 Å². The lowest BCUT2D eigenvalue weighted by molar-refractivity contribution is -0.135. The van der Waals surface area contributed by atoms with Gasteiger partial charge in [0.05, 0.1) is 5.69 Å². The molecule has 1 aliphatic heterocycles. The normalized spacial score (nSPS) is 18.5. The number of rotatable bonds is 2. The molecule has 0 atom stereocenters. The molecule has 1 heterocycles. The van der Waals surface area contributed by atoms with Crippen molar-refractivity contribution < 1.29 is 9.59 Å². The van der Waals surface area contributed by atoms with Crippen molar-refractivity contribution in [2.24, 2.45) is 5.92 Å². The van der Waals surface area contributed by atoms with E-state index < -0.39 is 0 Å². The molecule has 2 fully saturated rings. The van der Waals surface area contributed by atoms with Crippen LogP contribution in [0.15, 0.2) is 42.5 Å². The number of urea groups is 1. The summed E-state index contributed by atoms with van der Waals surface area (Å²) < 4.78 is 0. The Morgan fingerprint density at radius 2 is 1.52 bits per heavy atom. The first-order valence-electron chi connectivity index (χ1n) is 10.0. The van der Waals surface area contributed by atoms with Crippen LogP contribution in [0.3, 0.4) is 0 Å². The summed E-state index contributed by atoms with van der Waals surface area (Å²) in [5.74, 6) is 0.505. The average Bonchev–Trinajstić information content (AvgIpc) is 3.12. The van der Waals surface area contributed by atoms with Gasteiger partial charge in [0.15, 0.2) is 0 Å². The lowest BCUT2D eigenvalue weighted by Gasteiger charge is -2.24. The highest BCUT2D eigenvalue weighted by Gasteiger charge is 2.29. The highest BCUT2D eigenvalue weighted by molar-refractivity contribution is 6.01. The van der Waals surface area contributed by atoms with Crippen LogP contribution < -0.4 is 5.32 Å². The average molecular weight is 365 g/mol. The SMILES string of the molecule is O=C(Nc1cccc2ccccc12)N1CCCN(C(=O)C2CCCC2)CC1. The minimum Gasteiger partial charge on any atom is -0.341 e. The molecule has 0 bridgehead atoms. The Morgan fingerprint density at radius 1 is 0.815 bits per heavy atom. The molecular weight excluding hydrogens is 338 g/mol. The van der Waals surface area contributed by atoms with Crippen LogP contribution in [0.25, 0.3) is 10.8 Å². The number of fused-ring (bicyclic) bond motifs is 1. The Hall–Kier alpha value is -2.56. The van der Waals surface area contributed by atoms with Crippen molar-refractivity contribution in [3.05, 3.63) is 42.5 Å². The van der Waals surface area contributed by atoms with E-state index >= 15 is 0 Å². The fourth-order valence-corrected chi connectivity index (χ4v) is 4.30. The van der Waals surface area contributed by atoms with Crippen LogP contribution in [0.5, 0.6) is 0 Å². The van der Waals surface area contributed by atoms with Gasteiger partial charge in [0.2, 0.25) is 5.91 Å². The number of carbonyl (C=O) groups is 2. The molecule has 3 amide bonds. The summed E-state index contributed by atoms with van der Waals surface area (Å²) >= 11 is 0. The molecule has 1 saturated carbocycles. The first-order chi connectivity index (χ1) is 13.2. The molecule has 0 aromatic heterocycles. The standard InChI is InChI=1S/C22H27N3O2/c26-21(18-8-1-2-9-18)24-13-6-14-25(16-15-24)22(27)23-20-12-5-10-17-7-3-4-11-19(17)20/h3-5,7,10-12,18H,1-2,6,8-9,13-16H2,(H,23,27). The number of amides is 3. The molecule has 5 heteroatoms. The van der Waals surface area contributed by atoms with E-state index in [0.717, 1.165) is 42.3 Å². The maximum atomic E-state index is 12.8. The number of nitrogens with one attached hydrogen (secondary N) is 1. The van der Waals surface area contributed by atoms with E-state index in [0.29, 0.717) is 25.5 Å². The largest absolute Gasteiger partial charge is 0.341 e. The third-order valence-electron chi connectivity index (χ3n) is 5.83. The van der Waals surface area contributed by atoms with E-state index in [4.69, 9.17) is 0 Å². The third-order valence-corrected chi connectivity index (χ3v) is 5.83. The minimum atomic E-state index is -0.0819. The fraction of sp³-hybridized carbons (Fsp3) is 0.455. The summed E-state index contributed by atoms with van der Waals surface area (Å²) in [4.78, 5) is 29.3. The van der Waals surface area contributed by atoms with E-state index in [2.05, 4.69) is 5.32 Å². The summed E-state index contributed by atoms with van der Waals surface area (Å²) in [6, 6.07) is 13.9. The van der Waals surface area contributed by atoms with Crippen molar-refractivity contribution >= 4 is 28.4 Å². The van der Waals surface area contributed by atoms with Crippen molar-refractivity contribution in [1.29, 1.82) is 0 Å². The summed E-state index contributed by atoms with van der Waals surface area (Å²) in [7, 11) is 0. The highest BCUT2D eigenvalue weighted by atomic mass is 16.2. The van der Waals surface area contributed by atoms with Gasteiger partial charge in [-0.05, 0) is 30.7 Å². The number of hydrogen-bond acceptors (Lipinski definition) is 2. The van der Waals surface area contributed by atoms with Gasteiger partial charge in [-0.3, -0.25) is 4.79 Å². The van der Waals surface area contributed by atoms with E-state index in [1.165, 1.54) is 12.8 Å². The van der Waals surface area contributed by atoms with E-state index in [1.54, 1.807) is 0 Å². The van der Waals surface area contributed by atoms with Crippen LogP contribution in [-0.4, -0.2) is 47.9 Å². The molecule has 1 saturated heterocycles. The molecule has 1 aliphatic carbocycles. The molecule has 1 N–H and O–H groups in total. The quantitative estimate of drug-likeness (QED) is 0.871. The molecule has 4 rings (SSSR count). The minimum absolute atomic E-state index is 0.0819. The molecule has 27 heavy (non-hydrogen) atoms. The summed E-state index contributed by atoms with van der Waals surface area (Å²) in [5, 5.41) is 5.22. The topological polar surface area (TPSA) is 52.7 Å². The Bertz CT molecular complexity index is 824.